The second-order valence-corrected chi connectivity index (χ2v) is 7.40. The molecule has 0 atom stereocenters. The number of hydrogen-bond acceptors (Lipinski definition) is 2. The number of thiocarbonyl (C=S) groups is 1. The number of anilines is 2. The van der Waals surface area contributed by atoms with E-state index in [4.69, 9.17) is 23.8 Å². The van der Waals surface area contributed by atoms with Crippen molar-refractivity contribution >= 4 is 51.2 Å². The summed E-state index contributed by atoms with van der Waals surface area (Å²) in [5, 5.41) is 14.5. The summed E-state index contributed by atoms with van der Waals surface area (Å²) in [6.07, 6.45) is 1.94. The molecule has 0 amide bonds. The first-order valence-electron chi connectivity index (χ1n) is 8.93. The van der Waals surface area contributed by atoms with Crippen LogP contribution in [0.3, 0.4) is 0 Å². The van der Waals surface area contributed by atoms with Gasteiger partial charge in [0.2, 0.25) is 0 Å². The lowest BCUT2D eigenvalue weighted by Crippen LogP contribution is -2.19. The van der Waals surface area contributed by atoms with E-state index in [1.807, 2.05) is 42.1 Å². The SMILES string of the molecule is Cc1ccc(NC(=S)Nc2ccn(Cc3cccc4ccccc34)n2)cc1Cl. The lowest BCUT2D eigenvalue weighted by Gasteiger charge is -2.10. The summed E-state index contributed by atoms with van der Waals surface area (Å²) < 4.78 is 1.90. The van der Waals surface area contributed by atoms with Crippen LogP contribution in [0.25, 0.3) is 10.8 Å². The van der Waals surface area contributed by atoms with Gasteiger partial charge in [-0.05, 0) is 53.2 Å². The lowest BCUT2D eigenvalue weighted by atomic mass is 10.0. The average molecular weight is 407 g/mol. The predicted molar refractivity (Wildman–Crippen MR) is 121 cm³/mol. The molecule has 0 bridgehead atoms. The zero-order valence-corrected chi connectivity index (χ0v) is 16.9. The number of aryl methyl sites for hydroxylation is 1. The highest BCUT2D eigenvalue weighted by Crippen LogP contribution is 2.21. The quantitative estimate of drug-likeness (QED) is 0.417. The highest BCUT2D eigenvalue weighted by Gasteiger charge is 2.06. The molecule has 0 saturated heterocycles. The Labute approximate surface area is 174 Å². The molecule has 0 spiro atoms. The number of benzene rings is 3. The average Bonchev–Trinajstić information content (AvgIpc) is 3.12. The van der Waals surface area contributed by atoms with Crippen LogP contribution in [-0.2, 0) is 6.54 Å². The molecule has 0 saturated carbocycles. The maximum atomic E-state index is 6.16. The van der Waals surface area contributed by atoms with Crippen molar-refractivity contribution in [1.29, 1.82) is 0 Å². The first-order chi connectivity index (χ1) is 13.6. The first kappa shape index (κ1) is 18.5. The summed E-state index contributed by atoms with van der Waals surface area (Å²) in [5.74, 6) is 0.691. The number of fused-ring (bicyclic) bond motifs is 1. The van der Waals surface area contributed by atoms with Crippen LogP contribution in [0.2, 0.25) is 5.02 Å². The summed E-state index contributed by atoms with van der Waals surface area (Å²) in [6, 6.07) is 22.3. The molecule has 6 heteroatoms. The Morgan fingerprint density at radius 1 is 1.04 bits per heavy atom. The Kier molecular flexibility index (Phi) is 5.28. The van der Waals surface area contributed by atoms with Crippen LogP contribution < -0.4 is 10.6 Å². The third-order valence-electron chi connectivity index (χ3n) is 4.52. The fraction of sp³-hybridized carbons (Fsp3) is 0.0909. The number of nitrogens with one attached hydrogen (secondary N) is 2. The maximum Gasteiger partial charge on any atom is 0.176 e. The van der Waals surface area contributed by atoms with Gasteiger partial charge in [0.15, 0.2) is 10.9 Å². The van der Waals surface area contributed by atoms with E-state index in [9.17, 15) is 0 Å². The van der Waals surface area contributed by atoms with E-state index >= 15 is 0 Å². The molecule has 4 rings (SSSR count). The molecular weight excluding hydrogens is 388 g/mol. The minimum atomic E-state index is 0.468. The molecule has 3 aromatic carbocycles. The van der Waals surface area contributed by atoms with E-state index in [-0.39, 0.29) is 0 Å². The topological polar surface area (TPSA) is 41.9 Å². The number of aromatic nitrogens is 2. The third-order valence-corrected chi connectivity index (χ3v) is 5.14. The van der Waals surface area contributed by atoms with E-state index in [1.165, 1.54) is 16.3 Å². The van der Waals surface area contributed by atoms with Crippen LogP contribution in [0.5, 0.6) is 0 Å². The molecule has 140 valence electrons. The van der Waals surface area contributed by atoms with Gasteiger partial charge in [-0.15, -0.1) is 0 Å². The van der Waals surface area contributed by atoms with Crippen LogP contribution in [0.4, 0.5) is 11.5 Å². The number of nitrogens with zero attached hydrogens (tertiary/aromatic N) is 2. The van der Waals surface area contributed by atoms with Crippen molar-refractivity contribution in [3.05, 3.63) is 89.1 Å². The Balaban J connectivity index is 1.44. The second-order valence-electron chi connectivity index (χ2n) is 6.58. The van der Waals surface area contributed by atoms with Crippen LogP contribution in [0.1, 0.15) is 11.1 Å². The molecule has 4 nitrogen and oxygen atoms in total. The Morgan fingerprint density at radius 2 is 1.86 bits per heavy atom. The smallest absolute Gasteiger partial charge is 0.176 e. The molecular formula is C22H19ClN4S. The zero-order chi connectivity index (χ0) is 19.5. The molecule has 0 radical (unpaired) electrons. The fourth-order valence-corrected chi connectivity index (χ4v) is 3.47. The monoisotopic (exact) mass is 406 g/mol. The van der Waals surface area contributed by atoms with Crippen molar-refractivity contribution < 1.29 is 0 Å². The summed E-state index contributed by atoms with van der Waals surface area (Å²) in [7, 11) is 0. The Hall–Kier alpha value is -2.89. The van der Waals surface area contributed by atoms with Crippen molar-refractivity contribution in [3.63, 3.8) is 0 Å². The van der Waals surface area contributed by atoms with E-state index in [0.717, 1.165) is 11.3 Å². The van der Waals surface area contributed by atoms with Gasteiger partial charge in [-0.2, -0.15) is 5.10 Å². The van der Waals surface area contributed by atoms with E-state index in [1.54, 1.807) is 0 Å². The van der Waals surface area contributed by atoms with Crippen LogP contribution in [-0.4, -0.2) is 14.9 Å². The highest BCUT2D eigenvalue weighted by atomic mass is 35.5. The summed E-state index contributed by atoms with van der Waals surface area (Å²) >= 11 is 11.5. The second kappa shape index (κ2) is 8.00. The molecule has 1 aromatic heterocycles. The number of hydrogen-bond donors (Lipinski definition) is 2. The molecule has 0 aliphatic carbocycles. The summed E-state index contributed by atoms with van der Waals surface area (Å²) in [4.78, 5) is 0. The van der Waals surface area contributed by atoms with Crippen LogP contribution in [0.15, 0.2) is 72.9 Å². The van der Waals surface area contributed by atoms with Gasteiger partial charge in [0.1, 0.15) is 0 Å². The van der Waals surface area contributed by atoms with Crippen molar-refractivity contribution in [3.8, 4) is 0 Å². The molecule has 0 fully saturated rings. The van der Waals surface area contributed by atoms with E-state index < -0.39 is 0 Å². The van der Waals surface area contributed by atoms with Gasteiger partial charge in [-0.25, -0.2) is 0 Å². The lowest BCUT2D eigenvalue weighted by molar-refractivity contribution is 0.693. The molecule has 0 aliphatic rings. The van der Waals surface area contributed by atoms with Crippen molar-refractivity contribution in [1.82, 2.24) is 9.78 Å². The van der Waals surface area contributed by atoms with Crippen molar-refractivity contribution in [2.24, 2.45) is 0 Å². The van der Waals surface area contributed by atoms with Crippen LogP contribution >= 0.6 is 23.8 Å². The summed E-state index contributed by atoms with van der Waals surface area (Å²) in [6.45, 7) is 2.65. The van der Waals surface area contributed by atoms with Crippen LogP contribution in [0, 0.1) is 6.92 Å². The Bertz CT molecular complexity index is 1150. The van der Waals surface area contributed by atoms with E-state index in [0.29, 0.717) is 22.5 Å². The molecule has 28 heavy (non-hydrogen) atoms. The first-order valence-corrected chi connectivity index (χ1v) is 9.71. The number of rotatable bonds is 4. The van der Waals surface area contributed by atoms with E-state index in [2.05, 4.69) is 58.2 Å². The third kappa shape index (κ3) is 4.16. The molecule has 0 aliphatic heterocycles. The van der Waals surface area contributed by atoms with Gasteiger partial charge >= 0.3 is 0 Å². The highest BCUT2D eigenvalue weighted by molar-refractivity contribution is 7.80. The van der Waals surface area contributed by atoms with Gasteiger partial charge in [0, 0.05) is 23.0 Å². The van der Waals surface area contributed by atoms with Gasteiger partial charge in [0.05, 0.1) is 6.54 Å². The standard InChI is InChI=1S/C22H19ClN4S/c1-15-9-10-18(13-20(15)23)24-22(28)25-21-11-12-27(26-21)14-17-7-4-6-16-5-2-3-8-19(16)17/h2-13H,14H2,1H3,(H2,24,25,26,28). The van der Waals surface area contributed by atoms with Gasteiger partial charge in [0.25, 0.3) is 0 Å². The summed E-state index contributed by atoms with van der Waals surface area (Å²) in [5.41, 5.74) is 3.09. The molecule has 2 N–H and O–H groups in total. The molecule has 4 aromatic rings. The normalized spacial score (nSPS) is 10.8. The number of halogens is 1. The van der Waals surface area contributed by atoms with Crippen molar-refractivity contribution in [2.45, 2.75) is 13.5 Å². The molecule has 0 unspecified atom stereocenters. The zero-order valence-electron chi connectivity index (χ0n) is 15.3. The fourth-order valence-electron chi connectivity index (χ4n) is 3.07. The predicted octanol–water partition coefficient (Wildman–Crippen LogP) is 5.86. The van der Waals surface area contributed by atoms with Gasteiger partial charge < -0.3 is 10.6 Å². The maximum absolute atomic E-state index is 6.16. The molecule has 1 heterocycles. The minimum Gasteiger partial charge on any atom is -0.332 e. The minimum absolute atomic E-state index is 0.468. The van der Waals surface area contributed by atoms with Gasteiger partial charge in [-0.1, -0.05) is 60.1 Å². The van der Waals surface area contributed by atoms with Gasteiger partial charge in [-0.3, -0.25) is 4.68 Å². The Morgan fingerprint density at radius 3 is 2.71 bits per heavy atom. The van der Waals surface area contributed by atoms with Crippen molar-refractivity contribution in [2.75, 3.05) is 10.6 Å². The largest absolute Gasteiger partial charge is 0.332 e.